The van der Waals surface area contributed by atoms with E-state index in [2.05, 4.69) is 0 Å². The van der Waals surface area contributed by atoms with E-state index in [9.17, 15) is 9.59 Å². The summed E-state index contributed by atoms with van der Waals surface area (Å²) in [5.41, 5.74) is 1.81. The van der Waals surface area contributed by atoms with Gasteiger partial charge in [-0.3, -0.25) is 9.59 Å². The van der Waals surface area contributed by atoms with Crippen molar-refractivity contribution < 1.29 is 14.3 Å². The molecule has 0 saturated carbocycles. The van der Waals surface area contributed by atoms with Gasteiger partial charge in [0.05, 0.1) is 6.61 Å². The van der Waals surface area contributed by atoms with E-state index in [1.165, 1.54) is 6.92 Å². The van der Waals surface area contributed by atoms with E-state index in [1.807, 2.05) is 42.2 Å². The summed E-state index contributed by atoms with van der Waals surface area (Å²) in [6.07, 6.45) is 1.13. The van der Waals surface area contributed by atoms with Gasteiger partial charge >= 0.3 is 0 Å². The predicted molar refractivity (Wildman–Crippen MR) is 98.7 cm³/mol. The van der Waals surface area contributed by atoms with Crippen LogP contribution in [0.4, 0.5) is 0 Å². The summed E-state index contributed by atoms with van der Waals surface area (Å²) < 4.78 is 5.64. The number of Topliss-reactive ketones (excluding diaryl/α,β-unsaturated/α-hetero) is 1. The monoisotopic (exact) mass is 339 g/mol. The van der Waals surface area contributed by atoms with Gasteiger partial charge in [0.2, 0.25) is 5.91 Å². The Bertz CT molecular complexity index is 680. The van der Waals surface area contributed by atoms with Crippen LogP contribution in [-0.2, 0) is 11.3 Å². The average Bonchev–Trinajstić information content (AvgIpc) is 2.64. The van der Waals surface area contributed by atoms with E-state index in [1.54, 1.807) is 24.3 Å². The lowest BCUT2D eigenvalue weighted by Gasteiger charge is -2.21. The maximum Gasteiger partial charge on any atom is 0.222 e. The lowest BCUT2D eigenvalue weighted by Crippen LogP contribution is -2.30. The first-order valence-electron chi connectivity index (χ1n) is 8.65. The van der Waals surface area contributed by atoms with Crippen LogP contribution in [0.2, 0.25) is 0 Å². The zero-order chi connectivity index (χ0) is 18.1. The van der Waals surface area contributed by atoms with Gasteiger partial charge in [-0.05, 0) is 50.1 Å². The first-order chi connectivity index (χ1) is 12.1. The molecule has 0 saturated heterocycles. The van der Waals surface area contributed by atoms with Gasteiger partial charge in [0.1, 0.15) is 5.75 Å². The molecular formula is C21H25NO3. The topological polar surface area (TPSA) is 46.6 Å². The van der Waals surface area contributed by atoms with Crippen LogP contribution in [0.3, 0.4) is 0 Å². The highest BCUT2D eigenvalue weighted by Crippen LogP contribution is 2.13. The van der Waals surface area contributed by atoms with Crippen molar-refractivity contribution in [3.63, 3.8) is 0 Å². The van der Waals surface area contributed by atoms with Crippen molar-refractivity contribution >= 4 is 11.7 Å². The summed E-state index contributed by atoms with van der Waals surface area (Å²) in [5.74, 6) is 0.895. The third kappa shape index (κ3) is 6.07. The Labute approximate surface area is 149 Å². The number of hydrogen-bond acceptors (Lipinski definition) is 3. The maximum absolute atomic E-state index is 12.3. The fraction of sp³-hybridized carbons (Fsp3) is 0.333. The van der Waals surface area contributed by atoms with Crippen molar-refractivity contribution in [3.05, 3.63) is 65.7 Å². The first-order valence-corrected chi connectivity index (χ1v) is 8.65. The summed E-state index contributed by atoms with van der Waals surface area (Å²) in [6.45, 7) is 5.35. The van der Waals surface area contributed by atoms with Crippen molar-refractivity contribution in [3.8, 4) is 5.75 Å². The van der Waals surface area contributed by atoms with Crippen molar-refractivity contribution in [1.29, 1.82) is 0 Å². The van der Waals surface area contributed by atoms with Gasteiger partial charge in [-0.2, -0.15) is 0 Å². The zero-order valence-corrected chi connectivity index (χ0v) is 14.9. The van der Waals surface area contributed by atoms with Crippen LogP contribution in [0.25, 0.3) is 0 Å². The molecule has 2 rings (SSSR count). The smallest absolute Gasteiger partial charge is 0.222 e. The molecule has 0 aliphatic rings. The Morgan fingerprint density at radius 2 is 1.68 bits per heavy atom. The van der Waals surface area contributed by atoms with Gasteiger partial charge in [-0.1, -0.05) is 30.3 Å². The second-order valence-electron chi connectivity index (χ2n) is 5.93. The fourth-order valence-electron chi connectivity index (χ4n) is 2.54. The number of nitrogens with zero attached hydrogens (tertiary/aromatic N) is 1. The number of ketones is 1. The van der Waals surface area contributed by atoms with Gasteiger partial charge < -0.3 is 9.64 Å². The zero-order valence-electron chi connectivity index (χ0n) is 14.9. The van der Waals surface area contributed by atoms with Gasteiger partial charge in [-0.25, -0.2) is 0 Å². The molecule has 0 fully saturated rings. The molecule has 132 valence electrons. The minimum absolute atomic E-state index is 0.0372. The van der Waals surface area contributed by atoms with E-state index in [4.69, 9.17) is 4.74 Å². The van der Waals surface area contributed by atoms with Crippen LogP contribution < -0.4 is 4.74 Å². The molecule has 0 bridgehead atoms. The van der Waals surface area contributed by atoms with Crippen LogP contribution in [0, 0.1) is 0 Å². The second-order valence-corrected chi connectivity index (χ2v) is 5.93. The minimum Gasteiger partial charge on any atom is -0.494 e. The fourth-order valence-corrected chi connectivity index (χ4v) is 2.54. The van der Waals surface area contributed by atoms with Gasteiger partial charge in [0.15, 0.2) is 5.78 Å². The molecule has 0 spiro atoms. The van der Waals surface area contributed by atoms with Gasteiger partial charge in [0.25, 0.3) is 0 Å². The third-order valence-electron chi connectivity index (χ3n) is 4.02. The van der Waals surface area contributed by atoms with E-state index >= 15 is 0 Å². The minimum atomic E-state index is 0.0372. The van der Waals surface area contributed by atoms with Crippen LogP contribution in [-0.4, -0.2) is 29.7 Å². The molecule has 0 atom stereocenters. The molecule has 2 aromatic carbocycles. The van der Waals surface area contributed by atoms with E-state index in [0.717, 1.165) is 5.56 Å². The Balaban J connectivity index is 1.74. The lowest BCUT2D eigenvalue weighted by molar-refractivity contribution is -0.131. The van der Waals surface area contributed by atoms with Gasteiger partial charge in [-0.15, -0.1) is 0 Å². The van der Waals surface area contributed by atoms with Crippen LogP contribution in [0.5, 0.6) is 5.75 Å². The number of rotatable bonds is 9. The quantitative estimate of drug-likeness (QED) is 0.510. The largest absolute Gasteiger partial charge is 0.494 e. The number of hydrogen-bond donors (Lipinski definition) is 0. The standard InChI is InChI=1S/C21H25NO3/c1-3-22(16-18-8-5-4-6-9-18)21(24)10-7-15-25-20-13-11-19(12-14-20)17(2)23/h4-6,8-9,11-14H,3,7,10,15-16H2,1-2H3. The highest BCUT2D eigenvalue weighted by molar-refractivity contribution is 5.94. The molecule has 0 aliphatic heterocycles. The van der Waals surface area contributed by atoms with E-state index in [0.29, 0.717) is 43.9 Å². The third-order valence-corrected chi connectivity index (χ3v) is 4.02. The predicted octanol–water partition coefficient (Wildman–Crippen LogP) is 4.10. The number of carbonyl (C=O) groups is 2. The normalized spacial score (nSPS) is 10.3. The summed E-state index contributed by atoms with van der Waals surface area (Å²) in [5, 5.41) is 0. The number of ether oxygens (including phenoxy) is 1. The van der Waals surface area contributed by atoms with Gasteiger partial charge in [0, 0.05) is 25.1 Å². The lowest BCUT2D eigenvalue weighted by atomic mass is 10.1. The van der Waals surface area contributed by atoms with Crippen molar-refractivity contribution in [2.45, 2.75) is 33.2 Å². The SMILES string of the molecule is CCN(Cc1ccccc1)C(=O)CCCOc1ccc(C(C)=O)cc1. The van der Waals surface area contributed by atoms with E-state index < -0.39 is 0 Å². The Morgan fingerprint density at radius 3 is 2.28 bits per heavy atom. The highest BCUT2D eigenvalue weighted by atomic mass is 16.5. The first kappa shape index (κ1) is 18.7. The molecule has 0 radical (unpaired) electrons. The van der Waals surface area contributed by atoms with E-state index in [-0.39, 0.29) is 11.7 Å². The summed E-state index contributed by atoms with van der Waals surface area (Å²) in [6, 6.07) is 17.1. The van der Waals surface area contributed by atoms with Crippen LogP contribution in [0.1, 0.15) is 42.6 Å². The Kier molecular flexibility index (Phi) is 7.20. The summed E-state index contributed by atoms with van der Waals surface area (Å²) in [4.78, 5) is 25.4. The molecule has 1 amide bonds. The number of benzene rings is 2. The molecule has 4 heteroatoms. The van der Waals surface area contributed by atoms with Crippen LogP contribution >= 0.6 is 0 Å². The molecule has 0 aliphatic carbocycles. The molecule has 0 heterocycles. The Hall–Kier alpha value is -2.62. The molecule has 0 unspecified atom stereocenters. The Morgan fingerprint density at radius 1 is 1.00 bits per heavy atom. The molecule has 2 aromatic rings. The summed E-state index contributed by atoms with van der Waals surface area (Å²) >= 11 is 0. The maximum atomic E-state index is 12.3. The number of amides is 1. The molecule has 25 heavy (non-hydrogen) atoms. The summed E-state index contributed by atoms with van der Waals surface area (Å²) in [7, 11) is 0. The molecule has 0 N–H and O–H groups in total. The molecule has 4 nitrogen and oxygen atoms in total. The van der Waals surface area contributed by atoms with Crippen molar-refractivity contribution in [1.82, 2.24) is 4.90 Å². The second kappa shape index (κ2) is 9.62. The van der Waals surface area contributed by atoms with Crippen molar-refractivity contribution in [2.75, 3.05) is 13.2 Å². The van der Waals surface area contributed by atoms with Crippen molar-refractivity contribution in [2.24, 2.45) is 0 Å². The number of carbonyl (C=O) groups excluding carboxylic acids is 2. The molecular weight excluding hydrogens is 314 g/mol. The molecule has 0 aromatic heterocycles. The highest BCUT2D eigenvalue weighted by Gasteiger charge is 2.11. The van der Waals surface area contributed by atoms with Crippen LogP contribution in [0.15, 0.2) is 54.6 Å². The average molecular weight is 339 g/mol.